The van der Waals surface area contributed by atoms with Crippen molar-refractivity contribution in [3.05, 3.63) is 47.8 Å². The van der Waals surface area contributed by atoms with Crippen molar-refractivity contribution >= 4 is 26.6 Å². The van der Waals surface area contributed by atoms with Crippen LogP contribution in [-0.4, -0.2) is 17.1 Å². The molecule has 0 saturated carbocycles. The summed E-state index contributed by atoms with van der Waals surface area (Å²) in [7, 11) is 1.68. The maximum absolute atomic E-state index is 5.37. The molecule has 22 heavy (non-hydrogen) atoms. The number of aryl methyl sites for hydroxylation is 2. The molecule has 3 rings (SSSR count). The second-order valence-corrected chi connectivity index (χ2v) is 6.07. The zero-order valence-electron chi connectivity index (χ0n) is 12.6. The van der Waals surface area contributed by atoms with Crippen molar-refractivity contribution in [2.45, 2.75) is 13.8 Å². The van der Waals surface area contributed by atoms with Gasteiger partial charge in [0.25, 0.3) is 0 Å². The molecule has 0 unspecified atom stereocenters. The van der Waals surface area contributed by atoms with Crippen LogP contribution in [0.4, 0.5) is 11.5 Å². The summed E-state index contributed by atoms with van der Waals surface area (Å²) in [6, 6.07) is 10.2. The van der Waals surface area contributed by atoms with E-state index in [9.17, 15) is 0 Å². The summed E-state index contributed by atoms with van der Waals surface area (Å²) in [4.78, 5) is 8.73. The van der Waals surface area contributed by atoms with Gasteiger partial charge in [-0.3, -0.25) is 0 Å². The summed E-state index contributed by atoms with van der Waals surface area (Å²) < 4.78 is 6.53. The Labute approximate surface area is 139 Å². The number of hydrogen-bond donors (Lipinski definition) is 1. The molecule has 0 saturated heterocycles. The first-order chi connectivity index (χ1) is 10.6. The van der Waals surface area contributed by atoms with Crippen molar-refractivity contribution in [3.8, 4) is 5.75 Å². The molecular weight excluding hydrogens is 363 g/mol. The molecule has 1 aromatic heterocycles. The zero-order valence-corrected chi connectivity index (χ0v) is 14.4. The Bertz CT molecular complexity index is 849. The van der Waals surface area contributed by atoms with Crippen LogP contribution in [0.25, 0.3) is 10.9 Å². The first kappa shape index (κ1) is 14.9. The predicted molar refractivity (Wildman–Crippen MR) is 84.9 cm³/mol. The minimum atomic E-state index is 0.793. The fourth-order valence-electron chi connectivity index (χ4n) is 2.31. The van der Waals surface area contributed by atoms with Crippen molar-refractivity contribution in [2.75, 3.05) is 12.4 Å². The summed E-state index contributed by atoms with van der Waals surface area (Å²) >= 11 is 2.65. The molecule has 3 aromatic rings. The Morgan fingerprint density at radius 1 is 1.05 bits per heavy atom. The van der Waals surface area contributed by atoms with E-state index in [4.69, 9.17) is 4.74 Å². The van der Waals surface area contributed by atoms with E-state index in [1.54, 1.807) is 13.4 Å². The second kappa shape index (κ2) is 6.01. The summed E-state index contributed by atoms with van der Waals surface area (Å²) in [6.45, 7) is 4.09. The molecule has 1 N–H and O–H groups in total. The van der Waals surface area contributed by atoms with Gasteiger partial charge in [0.1, 0.15) is 0 Å². The third kappa shape index (κ3) is 2.81. The summed E-state index contributed by atoms with van der Waals surface area (Å²) in [5.74, 6) is 1.65. The van der Waals surface area contributed by atoms with Gasteiger partial charge in [0, 0.05) is 0 Å². The van der Waals surface area contributed by atoms with E-state index in [2.05, 4.69) is 52.6 Å². The number of hydrogen-bond acceptors (Lipinski definition) is 4. The van der Waals surface area contributed by atoms with Crippen molar-refractivity contribution in [1.82, 2.24) is 9.97 Å². The van der Waals surface area contributed by atoms with Gasteiger partial charge in [-0.2, -0.15) is 0 Å². The van der Waals surface area contributed by atoms with Crippen LogP contribution in [0.5, 0.6) is 5.75 Å². The number of aromatic nitrogens is 2. The van der Waals surface area contributed by atoms with Gasteiger partial charge in [0.2, 0.25) is 0 Å². The molecule has 0 spiro atoms. The molecule has 0 aliphatic rings. The van der Waals surface area contributed by atoms with Crippen LogP contribution >= 0.6 is 0 Å². The predicted octanol–water partition coefficient (Wildman–Crippen LogP) is 3.17. The van der Waals surface area contributed by atoms with Gasteiger partial charge in [-0.25, -0.2) is 0 Å². The van der Waals surface area contributed by atoms with Crippen LogP contribution in [-0.2, 0) is 18.3 Å². The quantitative estimate of drug-likeness (QED) is 0.710. The Morgan fingerprint density at radius 3 is 2.64 bits per heavy atom. The zero-order chi connectivity index (χ0) is 15.7. The molecule has 2 aromatic carbocycles. The number of nitrogens with zero attached hydrogens (tertiary/aromatic N) is 2. The number of nitrogens with one attached hydrogen (secondary N) is 1. The first-order valence-corrected chi connectivity index (χ1v) is 7.76. The summed E-state index contributed by atoms with van der Waals surface area (Å²) in [6.07, 6.45) is 1.58. The fourth-order valence-corrected chi connectivity index (χ4v) is 2.69. The molecule has 0 atom stereocenters. The van der Waals surface area contributed by atoms with Gasteiger partial charge in [-0.1, -0.05) is 0 Å². The third-order valence-electron chi connectivity index (χ3n) is 3.57. The number of anilines is 2. The monoisotopic (exact) mass is 380 g/mol. The van der Waals surface area contributed by atoms with E-state index in [-0.39, 0.29) is 0 Å². The normalized spacial score (nSPS) is 10.7. The number of fused-ring (bicyclic) bond motifs is 1. The van der Waals surface area contributed by atoms with Gasteiger partial charge in [-0.15, -0.1) is 0 Å². The van der Waals surface area contributed by atoms with Crippen molar-refractivity contribution in [3.63, 3.8) is 0 Å². The van der Waals surface area contributed by atoms with Crippen LogP contribution in [0.2, 0.25) is 0 Å². The van der Waals surface area contributed by atoms with E-state index in [0.29, 0.717) is 0 Å². The van der Waals surface area contributed by atoms with Gasteiger partial charge in [0.05, 0.1) is 0 Å². The number of ether oxygens (including phenoxy) is 1. The van der Waals surface area contributed by atoms with Gasteiger partial charge >= 0.3 is 139 Å². The van der Waals surface area contributed by atoms with E-state index < -0.39 is 0 Å². The van der Waals surface area contributed by atoms with Crippen molar-refractivity contribution < 1.29 is 23.0 Å². The van der Waals surface area contributed by atoms with Gasteiger partial charge in [0.15, 0.2) is 0 Å². The maximum atomic E-state index is 5.37. The molecule has 0 fully saturated rings. The molecule has 0 aliphatic carbocycles. The molecule has 0 bridgehead atoms. The first-order valence-electron chi connectivity index (χ1n) is 6.90. The van der Waals surface area contributed by atoms with Crippen LogP contribution in [0.15, 0.2) is 36.7 Å². The molecule has 0 radical (unpaired) electrons. The van der Waals surface area contributed by atoms with E-state index >= 15 is 0 Å². The van der Waals surface area contributed by atoms with Gasteiger partial charge < -0.3 is 0 Å². The topological polar surface area (TPSA) is 47.0 Å². The Kier molecular flexibility index (Phi) is 4.08. The number of benzene rings is 2. The van der Waals surface area contributed by atoms with E-state index in [0.717, 1.165) is 37.9 Å². The molecule has 4 nitrogen and oxygen atoms in total. The Hall–Kier alpha value is -2.00. The fraction of sp³-hybridized carbons (Fsp3) is 0.176. The van der Waals surface area contributed by atoms with Crippen LogP contribution in [0, 0.1) is 13.8 Å². The molecule has 113 valence electrons. The van der Waals surface area contributed by atoms with Crippen molar-refractivity contribution in [2.24, 2.45) is 0 Å². The Morgan fingerprint density at radius 2 is 1.86 bits per heavy atom. The molecule has 5 heteroatoms. The van der Waals surface area contributed by atoms with Crippen molar-refractivity contribution in [1.29, 1.82) is 0 Å². The second-order valence-electron chi connectivity index (χ2n) is 5.14. The minimum absolute atomic E-state index is 0.793. The number of rotatable bonds is 3. The number of methoxy groups -OCH3 is 1. The van der Waals surface area contributed by atoms with Crippen LogP contribution < -0.4 is 14.2 Å². The standard InChI is InChI=1S/C17H16N3O.Ru/c1-11-4-7-14-15(8-11)18-10-19-17(14)20-13-6-5-12(2)16(9-13)21-3;/h5-10H,1-3H3,(H,18,19,20);. The van der Waals surface area contributed by atoms with Crippen LogP contribution in [0.1, 0.15) is 11.1 Å². The van der Waals surface area contributed by atoms with Gasteiger partial charge in [-0.05, 0) is 0 Å². The van der Waals surface area contributed by atoms with Crippen LogP contribution in [0.3, 0.4) is 0 Å². The summed E-state index contributed by atoms with van der Waals surface area (Å²) in [5, 5.41) is 4.36. The molecular formula is C17H16N3ORu. The SMILES string of the molecule is COc1cc(Nc2ncnc3cc(C)[c]([Ru])cc23)ccc1C. The third-order valence-corrected chi connectivity index (χ3v) is 4.51. The Balaban J connectivity index is 2.05. The molecule has 0 amide bonds. The van der Waals surface area contributed by atoms with E-state index in [1.165, 1.54) is 5.56 Å². The average Bonchev–Trinajstić information content (AvgIpc) is 2.51. The molecule has 1 heterocycles. The molecule has 0 aliphatic heterocycles. The van der Waals surface area contributed by atoms with E-state index in [1.807, 2.05) is 25.1 Å². The average molecular weight is 379 g/mol. The summed E-state index contributed by atoms with van der Waals surface area (Å²) in [5.41, 5.74) is 4.17.